The number of aromatic nitrogens is 2. The third-order valence-electron chi connectivity index (χ3n) is 4.36. The number of benzene rings is 1. The van der Waals surface area contributed by atoms with E-state index in [0.717, 1.165) is 36.4 Å². The van der Waals surface area contributed by atoms with Crippen molar-refractivity contribution in [2.45, 2.75) is 25.4 Å². The third kappa shape index (κ3) is 3.31. The maximum atomic E-state index is 5.55. The summed E-state index contributed by atoms with van der Waals surface area (Å²) in [5.74, 6) is 2.95. The zero-order valence-electron chi connectivity index (χ0n) is 14.7. The molecule has 7 nitrogen and oxygen atoms in total. The van der Waals surface area contributed by atoms with Crippen LogP contribution in [0.5, 0.6) is 11.5 Å². The SMILES string of the molecule is COc1ccc(OC)c(C2CCCN2Cc2nc(N(C)C)no2)c1. The second kappa shape index (κ2) is 7.09. The Labute approximate surface area is 142 Å². The standard InChI is InChI=1S/C17H24N4O3/c1-20(2)17-18-16(24-19-17)11-21-9-5-6-14(21)13-10-12(22-3)7-8-15(13)23-4/h7-8,10,14H,5-6,9,11H2,1-4H3. The van der Waals surface area contributed by atoms with Gasteiger partial charge in [-0.2, -0.15) is 4.98 Å². The van der Waals surface area contributed by atoms with Crippen LogP contribution >= 0.6 is 0 Å². The minimum Gasteiger partial charge on any atom is -0.497 e. The van der Waals surface area contributed by atoms with E-state index >= 15 is 0 Å². The molecule has 0 spiro atoms. The van der Waals surface area contributed by atoms with E-state index in [0.29, 0.717) is 18.4 Å². The predicted octanol–water partition coefficient (Wildman–Crippen LogP) is 2.49. The van der Waals surface area contributed by atoms with E-state index in [9.17, 15) is 0 Å². The second-order valence-corrected chi connectivity index (χ2v) is 6.12. The van der Waals surface area contributed by atoms with Crippen molar-refractivity contribution in [3.63, 3.8) is 0 Å². The summed E-state index contributed by atoms with van der Waals surface area (Å²) >= 11 is 0. The van der Waals surface area contributed by atoms with Gasteiger partial charge in [0.25, 0.3) is 5.95 Å². The average Bonchev–Trinajstić information content (AvgIpc) is 3.24. The number of ether oxygens (including phenoxy) is 2. The highest BCUT2D eigenvalue weighted by Crippen LogP contribution is 2.39. The molecule has 2 aromatic rings. The number of methoxy groups -OCH3 is 2. The summed E-state index contributed by atoms with van der Waals surface area (Å²) in [5.41, 5.74) is 1.14. The Morgan fingerprint density at radius 1 is 1.29 bits per heavy atom. The van der Waals surface area contributed by atoms with Gasteiger partial charge < -0.3 is 18.9 Å². The molecule has 0 amide bonds. The average molecular weight is 332 g/mol. The number of rotatable bonds is 6. The number of hydrogen-bond acceptors (Lipinski definition) is 7. The van der Waals surface area contributed by atoms with Crippen LogP contribution in [0.2, 0.25) is 0 Å². The molecular formula is C17H24N4O3. The van der Waals surface area contributed by atoms with Gasteiger partial charge in [-0.25, -0.2) is 0 Å². The van der Waals surface area contributed by atoms with Crippen molar-refractivity contribution < 1.29 is 14.0 Å². The van der Waals surface area contributed by atoms with Gasteiger partial charge in [-0.3, -0.25) is 4.90 Å². The van der Waals surface area contributed by atoms with E-state index in [2.05, 4.69) is 21.1 Å². The molecule has 0 radical (unpaired) electrons. The van der Waals surface area contributed by atoms with Crippen LogP contribution in [0.3, 0.4) is 0 Å². The predicted molar refractivity (Wildman–Crippen MR) is 90.6 cm³/mol. The first-order valence-electron chi connectivity index (χ1n) is 8.08. The van der Waals surface area contributed by atoms with Crippen LogP contribution in [0.1, 0.15) is 30.3 Å². The van der Waals surface area contributed by atoms with Gasteiger partial charge in [0.15, 0.2) is 0 Å². The third-order valence-corrected chi connectivity index (χ3v) is 4.36. The molecule has 24 heavy (non-hydrogen) atoms. The Kier molecular flexibility index (Phi) is 4.89. The molecule has 0 saturated carbocycles. The summed E-state index contributed by atoms with van der Waals surface area (Å²) in [6.45, 7) is 1.62. The zero-order chi connectivity index (χ0) is 17.1. The number of nitrogens with zero attached hydrogens (tertiary/aromatic N) is 4. The van der Waals surface area contributed by atoms with Crippen molar-refractivity contribution in [2.75, 3.05) is 39.8 Å². The minimum absolute atomic E-state index is 0.254. The molecule has 1 unspecified atom stereocenters. The highest BCUT2D eigenvalue weighted by atomic mass is 16.5. The molecule has 1 aliphatic rings. The lowest BCUT2D eigenvalue weighted by Crippen LogP contribution is -2.23. The quantitative estimate of drug-likeness (QED) is 0.805. The van der Waals surface area contributed by atoms with Gasteiger partial charge in [0.05, 0.1) is 20.8 Å². The van der Waals surface area contributed by atoms with Crippen LogP contribution < -0.4 is 14.4 Å². The van der Waals surface area contributed by atoms with Gasteiger partial charge in [0.2, 0.25) is 5.89 Å². The van der Waals surface area contributed by atoms with E-state index in [4.69, 9.17) is 14.0 Å². The monoisotopic (exact) mass is 332 g/mol. The van der Waals surface area contributed by atoms with Crippen LogP contribution in [0, 0.1) is 0 Å². The molecule has 1 aliphatic heterocycles. The van der Waals surface area contributed by atoms with Crippen LogP contribution in [0.4, 0.5) is 5.95 Å². The van der Waals surface area contributed by atoms with Crippen molar-refractivity contribution in [3.8, 4) is 11.5 Å². The van der Waals surface area contributed by atoms with Gasteiger partial charge in [-0.1, -0.05) is 0 Å². The Hall–Kier alpha value is -2.28. The molecule has 3 rings (SSSR count). The first-order valence-corrected chi connectivity index (χ1v) is 8.08. The van der Waals surface area contributed by atoms with Crippen molar-refractivity contribution in [2.24, 2.45) is 0 Å². The normalized spacial score (nSPS) is 17.9. The largest absolute Gasteiger partial charge is 0.497 e. The maximum Gasteiger partial charge on any atom is 0.265 e. The lowest BCUT2D eigenvalue weighted by molar-refractivity contribution is 0.209. The van der Waals surface area contributed by atoms with E-state index in [-0.39, 0.29) is 6.04 Å². The number of anilines is 1. The molecule has 1 aromatic carbocycles. The van der Waals surface area contributed by atoms with Crippen molar-refractivity contribution in [3.05, 3.63) is 29.7 Å². The molecule has 1 aromatic heterocycles. The van der Waals surface area contributed by atoms with Gasteiger partial charge in [0.1, 0.15) is 11.5 Å². The molecule has 0 aliphatic carbocycles. The Balaban J connectivity index is 1.82. The van der Waals surface area contributed by atoms with E-state index in [1.165, 1.54) is 0 Å². The van der Waals surface area contributed by atoms with E-state index < -0.39 is 0 Å². The molecule has 1 saturated heterocycles. The Bertz CT molecular complexity index is 686. The maximum absolute atomic E-state index is 5.55. The summed E-state index contributed by atoms with van der Waals surface area (Å²) in [6.07, 6.45) is 2.19. The summed E-state index contributed by atoms with van der Waals surface area (Å²) in [7, 11) is 7.17. The molecule has 1 atom stereocenters. The molecule has 1 fully saturated rings. The highest BCUT2D eigenvalue weighted by Gasteiger charge is 2.30. The molecule has 130 valence electrons. The van der Waals surface area contributed by atoms with E-state index in [1.807, 2.05) is 31.1 Å². The number of likely N-dealkylation sites (tertiary alicyclic amines) is 1. The Morgan fingerprint density at radius 2 is 2.12 bits per heavy atom. The first-order chi connectivity index (χ1) is 11.6. The smallest absolute Gasteiger partial charge is 0.265 e. The molecule has 0 bridgehead atoms. The molecule has 0 N–H and O–H groups in total. The van der Waals surface area contributed by atoms with Gasteiger partial charge in [-0.15, -0.1) is 0 Å². The van der Waals surface area contributed by atoms with Crippen molar-refractivity contribution in [1.29, 1.82) is 0 Å². The molecule has 7 heteroatoms. The Morgan fingerprint density at radius 3 is 2.79 bits per heavy atom. The van der Waals surface area contributed by atoms with Crippen molar-refractivity contribution in [1.82, 2.24) is 15.0 Å². The van der Waals surface area contributed by atoms with Crippen LogP contribution in [-0.2, 0) is 6.54 Å². The fourth-order valence-electron chi connectivity index (χ4n) is 3.13. The fourth-order valence-corrected chi connectivity index (χ4v) is 3.13. The highest BCUT2D eigenvalue weighted by molar-refractivity contribution is 5.42. The van der Waals surface area contributed by atoms with Gasteiger partial charge >= 0.3 is 0 Å². The number of hydrogen-bond donors (Lipinski definition) is 0. The van der Waals surface area contributed by atoms with Gasteiger partial charge in [0, 0.05) is 25.7 Å². The summed E-state index contributed by atoms with van der Waals surface area (Å²) in [6, 6.07) is 6.19. The lowest BCUT2D eigenvalue weighted by Gasteiger charge is -2.25. The summed E-state index contributed by atoms with van der Waals surface area (Å²) in [5, 5.41) is 3.99. The van der Waals surface area contributed by atoms with Gasteiger partial charge in [-0.05, 0) is 42.7 Å². The molecule has 2 heterocycles. The van der Waals surface area contributed by atoms with Crippen LogP contribution in [0.15, 0.2) is 22.7 Å². The lowest BCUT2D eigenvalue weighted by atomic mass is 10.0. The van der Waals surface area contributed by atoms with E-state index in [1.54, 1.807) is 14.2 Å². The zero-order valence-corrected chi connectivity index (χ0v) is 14.7. The summed E-state index contributed by atoms with van der Waals surface area (Å²) in [4.78, 5) is 8.61. The molecular weight excluding hydrogens is 308 g/mol. The van der Waals surface area contributed by atoms with Crippen LogP contribution in [0.25, 0.3) is 0 Å². The summed E-state index contributed by atoms with van der Waals surface area (Å²) < 4.78 is 16.3. The second-order valence-electron chi connectivity index (χ2n) is 6.12. The fraction of sp³-hybridized carbons (Fsp3) is 0.529. The first kappa shape index (κ1) is 16.6. The van der Waals surface area contributed by atoms with Crippen molar-refractivity contribution >= 4 is 5.95 Å². The minimum atomic E-state index is 0.254. The van der Waals surface area contributed by atoms with Crippen LogP contribution in [-0.4, -0.2) is 49.9 Å². The topological polar surface area (TPSA) is 63.9 Å².